The van der Waals surface area contributed by atoms with Crippen LogP contribution in [0.3, 0.4) is 0 Å². The highest BCUT2D eigenvalue weighted by Gasteiger charge is 2.22. The van der Waals surface area contributed by atoms with Crippen LogP contribution in [-0.4, -0.2) is 27.2 Å². The molecule has 0 unspecified atom stereocenters. The Kier molecular flexibility index (Phi) is 5.69. The third-order valence-electron chi connectivity index (χ3n) is 4.45. The van der Waals surface area contributed by atoms with Gasteiger partial charge in [-0.3, -0.25) is 4.79 Å². The molecule has 0 saturated heterocycles. The quantitative estimate of drug-likeness (QED) is 0.492. The van der Waals surface area contributed by atoms with Gasteiger partial charge in [0.25, 0.3) is 5.91 Å². The second-order valence-corrected chi connectivity index (χ2v) is 6.83. The summed E-state index contributed by atoms with van der Waals surface area (Å²) in [4.78, 5) is 16.6. The standard InChI is InChI=1S/C21H18ClN5O2/c22-16-8-9-18(27-14-23-13-25-27)17(11-16)26-20(28)12-24-21(19-7-4-10-29-19)15-5-2-1-3-6-15/h1-11,13-14,21,24H,12H2,(H,26,28)/p+1/t21-/m0/s1. The van der Waals surface area contributed by atoms with Crippen molar-refractivity contribution < 1.29 is 14.5 Å². The number of nitrogens with two attached hydrogens (primary N) is 1. The van der Waals surface area contributed by atoms with Crippen molar-refractivity contribution in [1.82, 2.24) is 14.8 Å². The zero-order valence-electron chi connectivity index (χ0n) is 15.4. The summed E-state index contributed by atoms with van der Waals surface area (Å²) in [5.74, 6) is 0.621. The summed E-state index contributed by atoms with van der Waals surface area (Å²) in [6, 6.07) is 18.8. The lowest BCUT2D eigenvalue weighted by molar-refractivity contribution is -0.678. The van der Waals surface area contributed by atoms with E-state index in [1.54, 1.807) is 35.5 Å². The van der Waals surface area contributed by atoms with Crippen LogP contribution >= 0.6 is 11.6 Å². The van der Waals surface area contributed by atoms with Crippen molar-refractivity contribution in [2.75, 3.05) is 11.9 Å². The van der Waals surface area contributed by atoms with Crippen molar-refractivity contribution in [2.24, 2.45) is 0 Å². The van der Waals surface area contributed by atoms with Crippen molar-refractivity contribution in [3.63, 3.8) is 0 Å². The fraction of sp³-hybridized carbons (Fsp3) is 0.0952. The molecule has 0 aliphatic rings. The van der Waals surface area contributed by atoms with E-state index in [2.05, 4.69) is 15.4 Å². The Labute approximate surface area is 172 Å². The molecule has 1 atom stereocenters. The molecule has 2 heterocycles. The van der Waals surface area contributed by atoms with Gasteiger partial charge in [0.1, 0.15) is 12.7 Å². The highest BCUT2D eigenvalue weighted by molar-refractivity contribution is 6.31. The maximum absolute atomic E-state index is 12.7. The number of halogens is 1. The van der Waals surface area contributed by atoms with Crippen LogP contribution in [-0.2, 0) is 4.79 Å². The van der Waals surface area contributed by atoms with Gasteiger partial charge in [-0.25, -0.2) is 9.67 Å². The van der Waals surface area contributed by atoms with E-state index in [1.165, 1.54) is 6.33 Å². The molecular formula is C21H19ClN5O2+. The molecule has 0 saturated carbocycles. The number of aromatic nitrogens is 3. The van der Waals surface area contributed by atoms with Gasteiger partial charge in [0, 0.05) is 10.6 Å². The van der Waals surface area contributed by atoms with Crippen LogP contribution in [0, 0.1) is 0 Å². The SMILES string of the molecule is O=C(C[NH2+][C@@H](c1ccccc1)c1ccco1)Nc1cc(Cl)ccc1-n1cncn1. The Morgan fingerprint density at radius 3 is 2.76 bits per heavy atom. The molecule has 1 amide bonds. The van der Waals surface area contributed by atoms with Gasteiger partial charge in [0.2, 0.25) is 0 Å². The molecule has 0 spiro atoms. The van der Waals surface area contributed by atoms with E-state index in [0.29, 0.717) is 16.4 Å². The molecule has 7 nitrogen and oxygen atoms in total. The maximum Gasteiger partial charge on any atom is 0.279 e. The van der Waals surface area contributed by atoms with Gasteiger partial charge in [-0.05, 0) is 30.3 Å². The Morgan fingerprint density at radius 1 is 1.17 bits per heavy atom. The van der Waals surface area contributed by atoms with E-state index in [0.717, 1.165) is 11.3 Å². The topological polar surface area (TPSA) is 89.6 Å². The first kappa shape index (κ1) is 18.9. The fourth-order valence-electron chi connectivity index (χ4n) is 3.11. The van der Waals surface area contributed by atoms with Gasteiger partial charge in [-0.15, -0.1) is 0 Å². The number of nitrogens with one attached hydrogen (secondary N) is 1. The van der Waals surface area contributed by atoms with Crippen molar-refractivity contribution in [3.05, 3.63) is 95.9 Å². The molecular weight excluding hydrogens is 390 g/mol. The number of carbonyl (C=O) groups excluding carboxylic acids is 1. The number of carbonyl (C=O) groups is 1. The van der Waals surface area contributed by atoms with Gasteiger partial charge in [-0.2, -0.15) is 5.10 Å². The number of furan rings is 1. The van der Waals surface area contributed by atoms with Crippen LogP contribution < -0.4 is 10.6 Å². The number of benzene rings is 2. The molecule has 2 aromatic heterocycles. The second-order valence-electron chi connectivity index (χ2n) is 6.39. The van der Waals surface area contributed by atoms with Crippen molar-refractivity contribution in [1.29, 1.82) is 0 Å². The fourth-order valence-corrected chi connectivity index (χ4v) is 3.28. The predicted molar refractivity (Wildman–Crippen MR) is 109 cm³/mol. The minimum Gasteiger partial charge on any atom is -0.463 e. The minimum atomic E-state index is -0.166. The first-order chi connectivity index (χ1) is 14.2. The molecule has 4 rings (SSSR count). The maximum atomic E-state index is 12.7. The molecule has 0 bridgehead atoms. The van der Waals surface area contributed by atoms with Gasteiger partial charge in [0.15, 0.2) is 18.3 Å². The third kappa shape index (κ3) is 4.53. The Hall–Kier alpha value is -3.42. The van der Waals surface area contributed by atoms with E-state index >= 15 is 0 Å². The number of hydrogen-bond acceptors (Lipinski definition) is 4. The lowest BCUT2D eigenvalue weighted by Crippen LogP contribution is -2.87. The average molecular weight is 409 g/mol. The summed E-state index contributed by atoms with van der Waals surface area (Å²) in [5, 5.41) is 9.49. The zero-order chi connectivity index (χ0) is 20.1. The molecule has 0 aliphatic heterocycles. The summed E-state index contributed by atoms with van der Waals surface area (Å²) in [7, 11) is 0. The molecule has 146 valence electrons. The number of hydrogen-bond donors (Lipinski definition) is 2. The molecule has 2 aromatic carbocycles. The number of rotatable bonds is 7. The Balaban J connectivity index is 1.49. The molecule has 0 aliphatic carbocycles. The summed E-state index contributed by atoms with van der Waals surface area (Å²) >= 11 is 6.12. The van der Waals surface area contributed by atoms with Crippen LogP contribution in [0.5, 0.6) is 0 Å². The van der Waals surface area contributed by atoms with Gasteiger partial charge in [-0.1, -0.05) is 41.9 Å². The highest BCUT2D eigenvalue weighted by Crippen LogP contribution is 2.24. The van der Waals surface area contributed by atoms with E-state index < -0.39 is 0 Å². The smallest absolute Gasteiger partial charge is 0.279 e. The molecule has 3 N–H and O–H groups in total. The van der Waals surface area contributed by atoms with Crippen molar-refractivity contribution in [2.45, 2.75) is 6.04 Å². The lowest BCUT2D eigenvalue weighted by atomic mass is 10.0. The Morgan fingerprint density at radius 2 is 2.03 bits per heavy atom. The largest absolute Gasteiger partial charge is 0.463 e. The average Bonchev–Trinajstić information content (AvgIpc) is 3.44. The van der Waals surface area contributed by atoms with E-state index in [4.69, 9.17) is 16.0 Å². The van der Waals surface area contributed by atoms with E-state index in [1.807, 2.05) is 47.8 Å². The molecule has 0 fully saturated rings. The molecule has 8 heteroatoms. The summed E-state index contributed by atoms with van der Waals surface area (Å²) in [5.41, 5.74) is 2.31. The summed E-state index contributed by atoms with van der Waals surface area (Å²) in [6.07, 6.45) is 4.63. The van der Waals surface area contributed by atoms with E-state index in [9.17, 15) is 4.79 Å². The minimum absolute atomic E-state index is 0.119. The van der Waals surface area contributed by atoms with Crippen LogP contribution in [0.15, 0.2) is 84.0 Å². The summed E-state index contributed by atoms with van der Waals surface area (Å²) < 4.78 is 7.16. The van der Waals surface area contributed by atoms with Crippen molar-refractivity contribution >= 4 is 23.2 Å². The summed E-state index contributed by atoms with van der Waals surface area (Å²) in [6.45, 7) is 0.198. The normalized spacial score (nSPS) is 11.9. The predicted octanol–water partition coefficient (Wildman–Crippen LogP) is 2.81. The third-order valence-corrected chi connectivity index (χ3v) is 4.68. The monoisotopic (exact) mass is 408 g/mol. The van der Waals surface area contributed by atoms with E-state index in [-0.39, 0.29) is 18.5 Å². The zero-order valence-corrected chi connectivity index (χ0v) is 16.2. The first-order valence-corrected chi connectivity index (χ1v) is 9.44. The van der Waals surface area contributed by atoms with Crippen LogP contribution in [0.2, 0.25) is 5.02 Å². The number of quaternary nitrogens is 1. The Bertz CT molecular complexity index is 1070. The number of anilines is 1. The van der Waals surface area contributed by atoms with Crippen LogP contribution in [0.25, 0.3) is 5.69 Å². The number of nitrogens with zero attached hydrogens (tertiary/aromatic N) is 3. The molecule has 29 heavy (non-hydrogen) atoms. The molecule has 0 radical (unpaired) electrons. The van der Waals surface area contributed by atoms with Gasteiger partial charge < -0.3 is 15.1 Å². The lowest BCUT2D eigenvalue weighted by Gasteiger charge is -2.15. The van der Waals surface area contributed by atoms with Gasteiger partial charge in [0.05, 0.1) is 17.6 Å². The van der Waals surface area contributed by atoms with Crippen LogP contribution in [0.1, 0.15) is 17.4 Å². The highest BCUT2D eigenvalue weighted by atomic mass is 35.5. The number of amides is 1. The van der Waals surface area contributed by atoms with Crippen molar-refractivity contribution in [3.8, 4) is 5.69 Å². The second kappa shape index (κ2) is 8.72. The van der Waals surface area contributed by atoms with Crippen LogP contribution in [0.4, 0.5) is 5.69 Å². The van der Waals surface area contributed by atoms with Gasteiger partial charge >= 0.3 is 0 Å². The molecule has 4 aromatic rings. The first-order valence-electron chi connectivity index (χ1n) is 9.07.